The lowest BCUT2D eigenvalue weighted by Gasteiger charge is -2.03. The zero-order chi connectivity index (χ0) is 24.0. The zero-order valence-corrected chi connectivity index (χ0v) is 16.6. The molecule has 16 N–H and O–H groups in total. The van der Waals surface area contributed by atoms with E-state index >= 15 is 0 Å². The Labute approximate surface area is 172 Å². The Balaban J connectivity index is -0.000000157. The third-order valence-electron chi connectivity index (χ3n) is 2.15. The smallest absolute Gasteiger partial charge is 0.321 e. The molecule has 0 rings (SSSR count). The molecule has 0 heterocycles. The number of guanidine groups is 1. The summed E-state index contributed by atoms with van der Waals surface area (Å²) >= 11 is 3.65. The number of thiol groups is 1. The lowest BCUT2D eigenvalue weighted by Crippen LogP contribution is -2.31. The van der Waals surface area contributed by atoms with Gasteiger partial charge in [0, 0.05) is 12.3 Å². The third-order valence-corrected chi connectivity index (χ3v) is 2.54. The number of nitrogens with zero attached hydrogens (tertiary/aromatic N) is 1. The van der Waals surface area contributed by atoms with Crippen molar-refractivity contribution in [3.63, 3.8) is 0 Å². The van der Waals surface area contributed by atoms with E-state index in [1.165, 1.54) is 0 Å². The standard InChI is InChI=1S/C6H14N4O2.C3H7NO2S.2C2H5NO2/c7-4(5(11)12)2-1-3-10-6(8)9;4-2(1-7)3(5)6;2*3-1-2(4)5/h4H,1-3,7H2,(H,11,12)(H4,8,9,10);2,7H,1,4H2,(H,5,6);2*1,3H2,(H,4,5). The SMILES string of the molecule is NC(CS)C(=O)O.NC(N)=NCCCC(N)C(=O)O.NCC(=O)O.NCC(=O)O. The molecular formula is C13H31N7O8S. The van der Waals surface area contributed by atoms with Crippen molar-refractivity contribution in [2.75, 3.05) is 25.4 Å². The molecule has 15 nitrogen and oxygen atoms in total. The van der Waals surface area contributed by atoms with Crippen LogP contribution in [0.15, 0.2) is 4.99 Å². The van der Waals surface area contributed by atoms with E-state index in [1.807, 2.05) is 0 Å². The van der Waals surface area contributed by atoms with Crippen LogP contribution in [0.4, 0.5) is 0 Å². The van der Waals surface area contributed by atoms with Gasteiger partial charge in [0.15, 0.2) is 5.96 Å². The summed E-state index contributed by atoms with van der Waals surface area (Å²) in [6, 6.07) is -1.64. The van der Waals surface area contributed by atoms with Crippen molar-refractivity contribution in [1.29, 1.82) is 0 Å². The van der Waals surface area contributed by atoms with Gasteiger partial charge in [-0.25, -0.2) is 0 Å². The predicted molar refractivity (Wildman–Crippen MR) is 108 cm³/mol. The largest absolute Gasteiger partial charge is 0.480 e. The van der Waals surface area contributed by atoms with Crippen molar-refractivity contribution in [2.45, 2.75) is 24.9 Å². The van der Waals surface area contributed by atoms with Gasteiger partial charge in [-0.2, -0.15) is 12.6 Å². The van der Waals surface area contributed by atoms with Crippen LogP contribution in [0, 0.1) is 0 Å². The molecule has 2 atom stereocenters. The maximum absolute atomic E-state index is 10.2. The van der Waals surface area contributed by atoms with Gasteiger partial charge in [-0.1, -0.05) is 0 Å². The van der Waals surface area contributed by atoms with E-state index in [0.29, 0.717) is 19.4 Å². The van der Waals surface area contributed by atoms with Crippen LogP contribution >= 0.6 is 12.6 Å². The Bertz CT molecular complexity index is 490. The molecule has 29 heavy (non-hydrogen) atoms. The van der Waals surface area contributed by atoms with Crippen LogP contribution in [0.2, 0.25) is 0 Å². The van der Waals surface area contributed by atoms with Crippen LogP contribution in [-0.2, 0) is 19.2 Å². The van der Waals surface area contributed by atoms with Gasteiger partial charge in [0.1, 0.15) is 12.1 Å². The fourth-order valence-corrected chi connectivity index (χ4v) is 0.877. The van der Waals surface area contributed by atoms with E-state index in [0.717, 1.165) is 0 Å². The third kappa shape index (κ3) is 41.0. The minimum atomic E-state index is -1.00. The molecule has 2 unspecified atom stereocenters. The van der Waals surface area contributed by atoms with Crippen LogP contribution in [0.3, 0.4) is 0 Å². The molecule has 0 aromatic rings. The van der Waals surface area contributed by atoms with Crippen LogP contribution in [0.25, 0.3) is 0 Å². The Morgan fingerprint density at radius 1 is 0.828 bits per heavy atom. The number of carboxylic acid groups (broad SMARTS) is 4. The molecule has 0 aromatic carbocycles. The summed E-state index contributed by atoms with van der Waals surface area (Å²) in [5.74, 6) is -3.74. The number of carboxylic acids is 4. The summed E-state index contributed by atoms with van der Waals surface area (Å²) in [6.45, 7) is -0.136. The zero-order valence-electron chi connectivity index (χ0n) is 15.7. The molecule has 0 amide bonds. The van der Waals surface area contributed by atoms with Gasteiger partial charge in [0.2, 0.25) is 0 Å². The second kappa shape index (κ2) is 23.4. The quantitative estimate of drug-likeness (QED) is 0.0694. The van der Waals surface area contributed by atoms with Gasteiger partial charge >= 0.3 is 23.9 Å². The van der Waals surface area contributed by atoms with Crippen molar-refractivity contribution in [2.24, 2.45) is 39.4 Å². The second-order valence-electron chi connectivity index (χ2n) is 4.72. The van der Waals surface area contributed by atoms with E-state index in [4.69, 9.17) is 43.4 Å². The molecule has 0 saturated carbocycles. The molecule has 0 aliphatic carbocycles. The van der Waals surface area contributed by atoms with Crippen molar-refractivity contribution >= 4 is 42.5 Å². The number of nitrogens with two attached hydrogens (primary N) is 6. The molecule has 0 bridgehead atoms. The van der Waals surface area contributed by atoms with Crippen molar-refractivity contribution in [1.82, 2.24) is 0 Å². The highest BCUT2D eigenvalue weighted by Gasteiger charge is 2.09. The monoisotopic (exact) mass is 445 g/mol. The Hall–Kier alpha value is -2.66. The maximum Gasteiger partial charge on any atom is 0.321 e. The van der Waals surface area contributed by atoms with Gasteiger partial charge in [-0.15, -0.1) is 0 Å². The molecular weight excluding hydrogens is 414 g/mol. The van der Waals surface area contributed by atoms with Gasteiger partial charge in [-0.05, 0) is 12.8 Å². The number of carbonyl (C=O) groups is 4. The number of hydrogen-bond donors (Lipinski definition) is 11. The first kappa shape index (κ1) is 33.9. The van der Waals surface area contributed by atoms with Crippen molar-refractivity contribution < 1.29 is 39.6 Å². The molecule has 16 heteroatoms. The molecule has 0 aliphatic rings. The van der Waals surface area contributed by atoms with E-state index in [1.54, 1.807) is 0 Å². The first-order valence-electron chi connectivity index (χ1n) is 7.73. The second-order valence-corrected chi connectivity index (χ2v) is 5.08. The van der Waals surface area contributed by atoms with Gasteiger partial charge < -0.3 is 54.8 Å². The number of hydrogen-bond acceptors (Lipinski definition) is 10. The van der Waals surface area contributed by atoms with Crippen LogP contribution in [0.5, 0.6) is 0 Å². The Morgan fingerprint density at radius 3 is 1.34 bits per heavy atom. The van der Waals surface area contributed by atoms with Crippen LogP contribution in [-0.4, -0.2) is 87.7 Å². The van der Waals surface area contributed by atoms with Crippen molar-refractivity contribution in [3.05, 3.63) is 0 Å². The van der Waals surface area contributed by atoms with Gasteiger partial charge in [-0.3, -0.25) is 24.2 Å². The van der Waals surface area contributed by atoms with Gasteiger partial charge in [0.25, 0.3) is 0 Å². The molecule has 172 valence electrons. The highest BCUT2D eigenvalue weighted by Crippen LogP contribution is 1.94. The molecule has 0 aliphatic heterocycles. The fraction of sp³-hybridized carbons (Fsp3) is 0.615. The van der Waals surface area contributed by atoms with Crippen LogP contribution in [0.1, 0.15) is 12.8 Å². The molecule has 0 fully saturated rings. The maximum atomic E-state index is 10.2. The van der Waals surface area contributed by atoms with E-state index < -0.39 is 36.0 Å². The number of aliphatic carboxylic acids is 4. The highest BCUT2D eigenvalue weighted by molar-refractivity contribution is 7.80. The predicted octanol–water partition coefficient (Wildman–Crippen LogP) is -4.16. The minimum absolute atomic E-state index is 0.0129. The molecule has 0 radical (unpaired) electrons. The normalized spacial score (nSPS) is 10.8. The lowest BCUT2D eigenvalue weighted by atomic mass is 10.2. The number of aliphatic imine (C=N–C) groups is 1. The van der Waals surface area contributed by atoms with E-state index in [2.05, 4.69) is 29.1 Å². The molecule has 0 aromatic heterocycles. The summed E-state index contributed by atoms with van der Waals surface area (Å²) in [5.41, 5.74) is 29.4. The summed E-state index contributed by atoms with van der Waals surface area (Å²) in [7, 11) is 0. The van der Waals surface area contributed by atoms with E-state index in [9.17, 15) is 19.2 Å². The summed E-state index contributed by atoms with van der Waals surface area (Å²) in [4.78, 5) is 42.1. The van der Waals surface area contributed by atoms with Crippen LogP contribution < -0.4 is 34.4 Å². The summed E-state index contributed by atoms with van der Waals surface area (Å²) in [5, 5.41) is 31.6. The highest BCUT2D eigenvalue weighted by atomic mass is 32.1. The molecule has 0 spiro atoms. The fourth-order valence-electron chi connectivity index (χ4n) is 0.721. The van der Waals surface area contributed by atoms with Crippen molar-refractivity contribution in [3.8, 4) is 0 Å². The summed E-state index contributed by atoms with van der Waals surface area (Å²) in [6.07, 6.45) is 0.956. The minimum Gasteiger partial charge on any atom is -0.480 e. The van der Waals surface area contributed by atoms with E-state index in [-0.39, 0.29) is 24.8 Å². The average Bonchev–Trinajstić information content (AvgIpc) is 2.65. The molecule has 0 saturated heterocycles. The first-order chi connectivity index (χ1) is 13.3. The Morgan fingerprint density at radius 2 is 1.17 bits per heavy atom. The average molecular weight is 445 g/mol. The lowest BCUT2D eigenvalue weighted by molar-refractivity contribution is -0.139. The first-order valence-corrected chi connectivity index (χ1v) is 8.36. The Kier molecular flexibility index (Phi) is 27.3. The number of rotatable bonds is 9. The summed E-state index contributed by atoms with van der Waals surface area (Å²) < 4.78 is 0. The van der Waals surface area contributed by atoms with Gasteiger partial charge in [0.05, 0.1) is 13.1 Å². The topological polar surface area (TPSA) is 318 Å².